The Hall–Kier alpha value is -3.20. The van der Waals surface area contributed by atoms with Gasteiger partial charge in [-0.2, -0.15) is 4.98 Å². The Balaban J connectivity index is 0.00000420. The number of benzene rings is 1. The first-order chi connectivity index (χ1) is 18.6. The number of methoxy groups -OCH3 is 1. The number of rotatable bonds is 14. The van der Waals surface area contributed by atoms with Gasteiger partial charge < -0.3 is 19.9 Å². The van der Waals surface area contributed by atoms with Crippen LogP contribution in [0.4, 0.5) is 11.6 Å². The van der Waals surface area contributed by atoms with Crippen LogP contribution in [0.25, 0.3) is 11.3 Å². The molecule has 4 rings (SSSR count). The number of aromatic nitrogens is 4. The van der Waals surface area contributed by atoms with E-state index in [0.29, 0.717) is 22.9 Å². The number of likely N-dealkylation sites (tertiary alicyclic amines) is 1. The number of carbonyl (C=O) groups is 1. The van der Waals surface area contributed by atoms with Crippen LogP contribution in [0.5, 0.6) is 5.75 Å². The minimum Gasteiger partial charge on any atom is -0.497 e. The van der Waals surface area contributed by atoms with Gasteiger partial charge in [-0.05, 0) is 76.0 Å². The Kier molecular flexibility index (Phi) is 12.0. The number of piperidine rings is 1. The molecule has 39 heavy (non-hydrogen) atoms. The van der Waals surface area contributed by atoms with Gasteiger partial charge >= 0.3 is 0 Å². The molecular formula is C30H47N7O2. The highest BCUT2D eigenvalue weighted by atomic mass is 16.5. The van der Waals surface area contributed by atoms with E-state index in [-0.39, 0.29) is 13.3 Å². The summed E-state index contributed by atoms with van der Waals surface area (Å²) in [6.45, 7) is 9.91. The minimum atomic E-state index is -0.0490. The summed E-state index contributed by atoms with van der Waals surface area (Å²) in [4.78, 5) is 32.1. The fraction of sp³-hybridized carbons (Fsp3) is 0.600. The van der Waals surface area contributed by atoms with Crippen LogP contribution in [-0.2, 0) is 6.54 Å². The molecule has 9 heteroatoms. The molecule has 1 fully saturated rings. The predicted molar refractivity (Wildman–Crippen MR) is 159 cm³/mol. The van der Waals surface area contributed by atoms with Crippen molar-refractivity contribution in [2.45, 2.75) is 79.2 Å². The normalized spacial score (nSPS) is 13.7. The molecule has 1 saturated heterocycles. The second-order valence-electron chi connectivity index (χ2n) is 10.1. The summed E-state index contributed by atoms with van der Waals surface area (Å²) in [6.07, 6.45) is 10.5. The van der Waals surface area contributed by atoms with Gasteiger partial charge in [0.25, 0.3) is 5.91 Å². The van der Waals surface area contributed by atoms with Gasteiger partial charge in [0.15, 0.2) is 11.3 Å². The number of amides is 1. The van der Waals surface area contributed by atoms with E-state index in [9.17, 15) is 4.79 Å². The second-order valence-corrected chi connectivity index (χ2v) is 10.1. The van der Waals surface area contributed by atoms with Crippen molar-refractivity contribution < 1.29 is 9.53 Å². The molecule has 0 aliphatic carbocycles. The van der Waals surface area contributed by atoms with E-state index in [1.807, 2.05) is 29.2 Å². The highest BCUT2D eigenvalue weighted by molar-refractivity contribution is 5.93. The highest BCUT2D eigenvalue weighted by Crippen LogP contribution is 2.24. The molecule has 1 N–H and O–H groups in total. The Morgan fingerprint density at radius 2 is 1.67 bits per heavy atom. The number of fused-ring (bicyclic) bond motifs is 1. The lowest BCUT2D eigenvalue weighted by Gasteiger charge is -2.26. The summed E-state index contributed by atoms with van der Waals surface area (Å²) >= 11 is 0. The minimum absolute atomic E-state index is 0. The maximum Gasteiger partial charge on any atom is 0.274 e. The quantitative estimate of drug-likeness (QED) is 0.264. The van der Waals surface area contributed by atoms with Crippen molar-refractivity contribution in [3.63, 3.8) is 0 Å². The maximum atomic E-state index is 13.4. The topological polar surface area (TPSA) is 88.4 Å². The van der Waals surface area contributed by atoms with Crippen LogP contribution in [0.1, 0.15) is 83.1 Å². The first kappa shape index (κ1) is 30.3. The van der Waals surface area contributed by atoms with Gasteiger partial charge in [-0.25, -0.2) is 9.97 Å². The lowest BCUT2D eigenvalue weighted by molar-refractivity contribution is 0.0745. The average Bonchev–Trinajstić information content (AvgIpc) is 3.29. The molecule has 0 radical (unpaired) electrons. The molecule has 3 aromatic rings. The van der Waals surface area contributed by atoms with Gasteiger partial charge in [-0.1, -0.05) is 40.5 Å². The van der Waals surface area contributed by atoms with Crippen LogP contribution in [0.3, 0.4) is 0 Å². The largest absolute Gasteiger partial charge is 0.497 e. The summed E-state index contributed by atoms with van der Waals surface area (Å²) in [5.41, 5.74) is 2.48. The molecule has 0 atom stereocenters. The zero-order chi connectivity index (χ0) is 26.7. The molecule has 0 unspecified atom stereocenters. The van der Waals surface area contributed by atoms with Crippen LogP contribution in [0.2, 0.25) is 0 Å². The predicted octanol–water partition coefficient (Wildman–Crippen LogP) is 6.13. The number of aryl methyl sites for hydroxylation is 1. The number of hydrogen-bond acceptors (Lipinski definition) is 7. The standard InChI is InChI=1S/C29H43N7O2.CH4/c1-4-6-19-35(20-7-5-2)28(37)25-22-30-26-27(32-25)36(21-11-18-34-16-9-8-10-17-34)29(33-26)31-23-12-14-24(38-3)15-13-23;/h12-15,22H,4-11,16-21H2,1-3H3,(H,30,31,33);1H4. The van der Waals surface area contributed by atoms with Gasteiger partial charge in [0.2, 0.25) is 5.95 Å². The van der Waals surface area contributed by atoms with E-state index < -0.39 is 0 Å². The van der Waals surface area contributed by atoms with Crippen LogP contribution in [0, 0.1) is 0 Å². The van der Waals surface area contributed by atoms with Crippen molar-refractivity contribution >= 4 is 28.8 Å². The van der Waals surface area contributed by atoms with E-state index in [1.165, 1.54) is 32.4 Å². The fourth-order valence-corrected chi connectivity index (χ4v) is 4.92. The molecule has 3 heterocycles. The summed E-state index contributed by atoms with van der Waals surface area (Å²) < 4.78 is 7.38. The van der Waals surface area contributed by atoms with Crippen LogP contribution in [-0.4, -0.2) is 75.1 Å². The molecule has 1 aliphatic heterocycles. The van der Waals surface area contributed by atoms with Gasteiger partial charge in [0, 0.05) is 25.3 Å². The second kappa shape index (κ2) is 15.4. The Labute approximate surface area is 234 Å². The van der Waals surface area contributed by atoms with E-state index in [4.69, 9.17) is 14.7 Å². The molecule has 0 bridgehead atoms. The monoisotopic (exact) mass is 537 g/mol. The molecule has 0 spiro atoms. The lowest BCUT2D eigenvalue weighted by Crippen LogP contribution is -2.33. The average molecular weight is 538 g/mol. The van der Waals surface area contributed by atoms with Crippen molar-refractivity contribution in [2.24, 2.45) is 0 Å². The third-order valence-electron chi connectivity index (χ3n) is 7.18. The van der Waals surface area contributed by atoms with Crippen molar-refractivity contribution in [1.82, 2.24) is 29.3 Å². The molecule has 214 valence electrons. The molecule has 2 aromatic heterocycles. The molecule has 9 nitrogen and oxygen atoms in total. The van der Waals surface area contributed by atoms with E-state index in [0.717, 1.165) is 69.7 Å². The van der Waals surface area contributed by atoms with Crippen LogP contribution < -0.4 is 10.1 Å². The first-order valence-corrected chi connectivity index (χ1v) is 14.3. The van der Waals surface area contributed by atoms with Gasteiger partial charge in [-0.15, -0.1) is 0 Å². The van der Waals surface area contributed by atoms with Crippen molar-refractivity contribution in [3.05, 3.63) is 36.2 Å². The SMILES string of the molecule is C.CCCCN(CCCC)C(=O)c1cnc2nc(Nc3ccc(OC)cc3)n(CCCN3CCCCC3)c2n1. The van der Waals surface area contributed by atoms with Crippen molar-refractivity contribution in [2.75, 3.05) is 45.2 Å². The van der Waals surface area contributed by atoms with Gasteiger partial charge in [0.05, 0.1) is 13.3 Å². The van der Waals surface area contributed by atoms with Crippen molar-refractivity contribution in [3.8, 4) is 5.75 Å². The number of carbonyl (C=O) groups excluding carboxylic acids is 1. The number of unbranched alkanes of at least 4 members (excludes halogenated alkanes) is 2. The van der Waals surface area contributed by atoms with E-state index in [2.05, 4.69) is 33.6 Å². The van der Waals surface area contributed by atoms with E-state index in [1.54, 1.807) is 13.3 Å². The zero-order valence-corrected chi connectivity index (χ0v) is 23.3. The highest BCUT2D eigenvalue weighted by Gasteiger charge is 2.21. The molecular weight excluding hydrogens is 490 g/mol. The summed E-state index contributed by atoms with van der Waals surface area (Å²) in [7, 11) is 1.66. The number of nitrogens with one attached hydrogen (secondary N) is 1. The Bertz CT molecular complexity index is 1150. The third-order valence-corrected chi connectivity index (χ3v) is 7.18. The fourth-order valence-electron chi connectivity index (χ4n) is 4.92. The van der Waals surface area contributed by atoms with Crippen LogP contribution >= 0.6 is 0 Å². The summed E-state index contributed by atoms with van der Waals surface area (Å²) in [5, 5.41) is 3.44. The number of imidazole rings is 1. The maximum absolute atomic E-state index is 13.4. The molecule has 1 amide bonds. The Morgan fingerprint density at radius 3 is 2.31 bits per heavy atom. The van der Waals surface area contributed by atoms with Crippen molar-refractivity contribution in [1.29, 1.82) is 0 Å². The van der Waals surface area contributed by atoms with Crippen LogP contribution in [0.15, 0.2) is 30.5 Å². The lowest BCUT2D eigenvalue weighted by atomic mass is 10.1. The molecule has 0 saturated carbocycles. The number of hydrogen-bond donors (Lipinski definition) is 1. The van der Waals surface area contributed by atoms with Gasteiger partial charge in [-0.3, -0.25) is 9.36 Å². The number of ether oxygens (including phenoxy) is 1. The molecule has 1 aliphatic rings. The third kappa shape index (κ3) is 8.14. The number of nitrogens with zero attached hydrogens (tertiary/aromatic N) is 6. The smallest absolute Gasteiger partial charge is 0.274 e. The first-order valence-electron chi connectivity index (χ1n) is 14.3. The molecule has 1 aromatic carbocycles. The zero-order valence-electron chi connectivity index (χ0n) is 23.3. The number of anilines is 2. The summed E-state index contributed by atoms with van der Waals surface area (Å²) in [5.74, 6) is 1.43. The summed E-state index contributed by atoms with van der Waals surface area (Å²) in [6, 6.07) is 7.76. The van der Waals surface area contributed by atoms with E-state index >= 15 is 0 Å². The van der Waals surface area contributed by atoms with Gasteiger partial charge in [0.1, 0.15) is 11.4 Å². The Morgan fingerprint density at radius 1 is 0.974 bits per heavy atom.